The fourth-order valence-electron chi connectivity index (χ4n) is 1.09. The van der Waals surface area contributed by atoms with Crippen molar-refractivity contribution in [2.45, 2.75) is 12.5 Å². The predicted octanol–water partition coefficient (Wildman–Crippen LogP) is -0.532. The molecule has 2 unspecified atom stereocenters. The van der Waals surface area contributed by atoms with E-state index in [4.69, 9.17) is 14.9 Å². The minimum atomic E-state index is -0.975. The van der Waals surface area contributed by atoms with Crippen LogP contribution in [0.5, 0.6) is 0 Å². The van der Waals surface area contributed by atoms with E-state index in [2.05, 4.69) is 0 Å². The number of carboxylic acids is 1. The number of ether oxygens (including phenoxy) is 1. The number of carbonyl (C=O) groups is 1. The zero-order chi connectivity index (χ0) is 7.56. The van der Waals surface area contributed by atoms with Crippen molar-refractivity contribution in [1.29, 1.82) is 0 Å². The van der Waals surface area contributed by atoms with E-state index in [1.165, 1.54) is 0 Å². The highest BCUT2D eigenvalue weighted by atomic mass is 16.5. The molecular weight excluding hydrogens is 136 g/mol. The molecule has 0 saturated carbocycles. The summed E-state index contributed by atoms with van der Waals surface area (Å²) in [7, 11) is 0. The van der Waals surface area contributed by atoms with Gasteiger partial charge in [0.1, 0.15) is 0 Å². The summed E-state index contributed by atoms with van der Waals surface area (Å²) >= 11 is 0. The summed E-state index contributed by atoms with van der Waals surface area (Å²) in [6, 6.07) is 0. The number of aliphatic hydroxyl groups excluding tert-OH is 1. The summed E-state index contributed by atoms with van der Waals surface area (Å²) in [5.41, 5.74) is 0. The first-order valence-electron chi connectivity index (χ1n) is 3.21. The first-order chi connectivity index (χ1) is 4.75. The first kappa shape index (κ1) is 7.50. The molecule has 2 atom stereocenters. The van der Waals surface area contributed by atoms with Crippen molar-refractivity contribution in [2.24, 2.45) is 5.92 Å². The average molecular weight is 146 g/mol. The van der Waals surface area contributed by atoms with Crippen molar-refractivity contribution in [1.82, 2.24) is 0 Å². The summed E-state index contributed by atoms with van der Waals surface area (Å²) in [5.74, 6) is -1.19. The second-order valence-electron chi connectivity index (χ2n) is 2.36. The molecule has 0 aromatic rings. The lowest BCUT2D eigenvalue weighted by Crippen LogP contribution is -2.28. The third-order valence-electron chi connectivity index (χ3n) is 1.69. The average Bonchev–Trinajstić information content (AvgIpc) is 2.33. The van der Waals surface area contributed by atoms with E-state index in [1.54, 1.807) is 0 Å². The number of hydrogen-bond acceptors (Lipinski definition) is 3. The molecule has 1 aliphatic heterocycles. The first-order valence-corrected chi connectivity index (χ1v) is 3.21. The van der Waals surface area contributed by atoms with Gasteiger partial charge in [-0.25, -0.2) is 4.79 Å². The number of aliphatic carboxylic acids is 1. The van der Waals surface area contributed by atoms with Crippen LogP contribution in [0.2, 0.25) is 0 Å². The zero-order valence-corrected chi connectivity index (χ0v) is 5.49. The highest BCUT2D eigenvalue weighted by molar-refractivity contribution is 5.73. The van der Waals surface area contributed by atoms with E-state index in [9.17, 15) is 4.79 Å². The largest absolute Gasteiger partial charge is 0.479 e. The van der Waals surface area contributed by atoms with Crippen LogP contribution < -0.4 is 0 Å². The normalized spacial score (nSPS) is 32.5. The fraction of sp³-hybridized carbons (Fsp3) is 0.833. The van der Waals surface area contributed by atoms with Gasteiger partial charge < -0.3 is 14.9 Å². The Balaban J connectivity index is 2.50. The molecule has 1 rings (SSSR count). The minimum absolute atomic E-state index is 0.100. The molecule has 58 valence electrons. The summed E-state index contributed by atoms with van der Waals surface area (Å²) in [5, 5.41) is 17.1. The molecule has 1 aliphatic rings. The molecule has 1 saturated heterocycles. The Labute approximate surface area is 58.4 Å². The van der Waals surface area contributed by atoms with Crippen molar-refractivity contribution in [2.75, 3.05) is 13.2 Å². The van der Waals surface area contributed by atoms with Crippen molar-refractivity contribution in [3.8, 4) is 0 Å². The van der Waals surface area contributed by atoms with E-state index < -0.39 is 12.1 Å². The van der Waals surface area contributed by atoms with Gasteiger partial charge in [0.25, 0.3) is 0 Å². The monoisotopic (exact) mass is 146 g/mol. The maximum Gasteiger partial charge on any atom is 0.333 e. The van der Waals surface area contributed by atoms with Crippen LogP contribution in [0.4, 0.5) is 0 Å². The van der Waals surface area contributed by atoms with Crippen LogP contribution in [-0.2, 0) is 9.53 Å². The Morgan fingerprint density at radius 3 is 2.80 bits per heavy atom. The Morgan fingerprint density at radius 2 is 2.40 bits per heavy atom. The number of rotatable bonds is 2. The number of carboxylic acid groups (broad SMARTS) is 1. The number of aliphatic hydroxyl groups is 1. The van der Waals surface area contributed by atoms with Gasteiger partial charge in [-0.05, 0) is 6.42 Å². The Hall–Kier alpha value is -0.610. The highest BCUT2D eigenvalue weighted by Gasteiger charge is 2.33. The third-order valence-corrected chi connectivity index (χ3v) is 1.69. The fourth-order valence-corrected chi connectivity index (χ4v) is 1.09. The van der Waals surface area contributed by atoms with E-state index in [0.717, 1.165) is 0 Å². The molecule has 0 bridgehead atoms. The van der Waals surface area contributed by atoms with Gasteiger partial charge >= 0.3 is 5.97 Å². The van der Waals surface area contributed by atoms with Crippen LogP contribution in [0.3, 0.4) is 0 Å². The Kier molecular flexibility index (Phi) is 2.24. The molecule has 10 heavy (non-hydrogen) atoms. The second-order valence-corrected chi connectivity index (χ2v) is 2.36. The molecule has 4 nitrogen and oxygen atoms in total. The van der Waals surface area contributed by atoms with E-state index in [-0.39, 0.29) is 12.5 Å². The summed E-state index contributed by atoms with van der Waals surface area (Å²) < 4.78 is 4.86. The maximum absolute atomic E-state index is 10.3. The molecular formula is C6H10O4. The molecule has 1 heterocycles. The van der Waals surface area contributed by atoms with Gasteiger partial charge in [0.2, 0.25) is 0 Å². The van der Waals surface area contributed by atoms with Crippen LogP contribution >= 0.6 is 0 Å². The van der Waals surface area contributed by atoms with Gasteiger partial charge in [-0.1, -0.05) is 0 Å². The zero-order valence-electron chi connectivity index (χ0n) is 5.49. The minimum Gasteiger partial charge on any atom is -0.479 e. The number of hydrogen-bond donors (Lipinski definition) is 2. The van der Waals surface area contributed by atoms with Gasteiger partial charge in [-0.15, -0.1) is 0 Å². The molecule has 0 amide bonds. The van der Waals surface area contributed by atoms with Crippen molar-refractivity contribution in [3.63, 3.8) is 0 Å². The van der Waals surface area contributed by atoms with Crippen LogP contribution in [0.25, 0.3) is 0 Å². The molecule has 1 fully saturated rings. The molecule has 4 heteroatoms. The van der Waals surface area contributed by atoms with Crippen molar-refractivity contribution < 1.29 is 19.7 Å². The summed E-state index contributed by atoms with van der Waals surface area (Å²) in [4.78, 5) is 10.3. The standard InChI is InChI=1S/C6H10O4/c7-3-4-1-2-10-5(4)6(8)9/h4-5,7H,1-3H2,(H,8,9). The lowest BCUT2D eigenvalue weighted by atomic mass is 10.0. The van der Waals surface area contributed by atoms with E-state index >= 15 is 0 Å². The Bertz CT molecular complexity index is 134. The molecule has 0 aromatic heterocycles. The lowest BCUT2D eigenvalue weighted by molar-refractivity contribution is -0.149. The SMILES string of the molecule is O=C(O)C1OCCC1CO. The molecule has 0 spiro atoms. The van der Waals surface area contributed by atoms with Crippen LogP contribution in [0, 0.1) is 5.92 Å². The predicted molar refractivity (Wildman–Crippen MR) is 32.6 cm³/mol. The highest BCUT2D eigenvalue weighted by Crippen LogP contribution is 2.19. The van der Waals surface area contributed by atoms with Gasteiger partial charge in [-0.2, -0.15) is 0 Å². The third kappa shape index (κ3) is 1.27. The van der Waals surface area contributed by atoms with Gasteiger partial charge in [0.05, 0.1) is 0 Å². The van der Waals surface area contributed by atoms with Crippen LogP contribution in [0.1, 0.15) is 6.42 Å². The van der Waals surface area contributed by atoms with Crippen molar-refractivity contribution in [3.05, 3.63) is 0 Å². The second kappa shape index (κ2) is 2.98. The maximum atomic E-state index is 10.3. The smallest absolute Gasteiger partial charge is 0.333 e. The summed E-state index contributed by atoms with van der Waals surface area (Å²) in [6.07, 6.45) is -0.141. The lowest BCUT2D eigenvalue weighted by Gasteiger charge is -2.09. The van der Waals surface area contributed by atoms with E-state index in [0.29, 0.717) is 13.0 Å². The van der Waals surface area contributed by atoms with Gasteiger partial charge in [0, 0.05) is 19.1 Å². The van der Waals surface area contributed by atoms with Gasteiger partial charge in [-0.3, -0.25) is 0 Å². The quantitative estimate of drug-likeness (QED) is 0.549. The molecule has 2 N–H and O–H groups in total. The van der Waals surface area contributed by atoms with Crippen LogP contribution in [0.15, 0.2) is 0 Å². The Morgan fingerprint density at radius 1 is 1.70 bits per heavy atom. The molecule has 0 aliphatic carbocycles. The van der Waals surface area contributed by atoms with Crippen LogP contribution in [-0.4, -0.2) is 35.5 Å². The summed E-state index contributed by atoms with van der Waals surface area (Å²) in [6.45, 7) is 0.346. The molecule has 0 aromatic carbocycles. The topological polar surface area (TPSA) is 66.8 Å². The van der Waals surface area contributed by atoms with E-state index in [1.807, 2.05) is 0 Å². The van der Waals surface area contributed by atoms with Crippen molar-refractivity contribution >= 4 is 5.97 Å². The van der Waals surface area contributed by atoms with Gasteiger partial charge in [0.15, 0.2) is 6.10 Å². The molecule has 0 radical (unpaired) electrons.